The smallest absolute Gasteiger partial charge is 0.236 e. The van der Waals surface area contributed by atoms with Gasteiger partial charge in [0.2, 0.25) is 5.91 Å². The molecule has 0 aliphatic carbocycles. The maximum absolute atomic E-state index is 11.5. The molecule has 3 heteroatoms. The summed E-state index contributed by atoms with van der Waals surface area (Å²) in [6, 6.07) is 0. The van der Waals surface area contributed by atoms with Crippen molar-refractivity contribution >= 4 is 21.8 Å². The maximum atomic E-state index is 11.5. The van der Waals surface area contributed by atoms with Gasteiger partial charge in [0.1, 0.15) is 0 Å². The lowest BCUT2D eigenvalue weighted by Gasteiger charge is -2.28. The van der Waals surface area contributed by atoms with E-state index in [9.17, 15) is 4.79 Å². The molecule has 0 heterocycles. The zero-order chi connectivity index (χ0) is 11.6. The van der Waals surface area contributed by atoms with Crippen molar-refractivity contribution in [1.29, 1.82) is 0 Å². The van der Waals surface area contributed by atoms with Crippen LogP contribution >= 0.6 is 15.9 Å². The molecule has 0 spiro atoms. The van der Waals surface area contributed by atoms with Crippen LogP contribution in [0.3, 0.4) is 0 Å². The molecule has 0 radical (unpaired) electrons. The summed E-state index contributed by atoms with van der Waals surface area (Å²) in [5.41, 5.74) is 0.240. The number of hydrogen-bond acceptors (Lipinski definition) is 1. The average molecular weight is 264 g/mol. The van der Waals surface area contributed by atoms with Crippen molar-refractivity contribution in [3.8, 4) is 0 Å². The Kier molecular flexibility index (Phi) is 4.63. The minimum Gasteiger partial charge on any atom is -0.355 e. The number of carbonyl (C=O) groups excluding carboxylic acids is 1. The lowest BCUT2D eigenvalue weighted by molar-refractivity contribution is -0.122. The molecular weight excluding hydrogens is 242 g/mol. The lowest BCUT2D eigenvalue weighted by Crippen LogP contribution is -2.41. The lowest BCUT2D eigenvalue weighted by atomic mass is 9.82. The van der Waals surface area contributed by atoms with Gasteiger partial charge in [-0.15, -0.1) is 0 Å². The second-order valence-electron chi connectivity index (χ2n) is 5.45. The third-order valence-corrected chi connectivity index (χ3v) is 2.95. The van der Waals surface area contributed by atoms with E-state index in [0.717, 1.165) is 6.54 Å². The Morgan fingerprint density at radius 2 is 1.71 bits per heavy atom. The Labute approximate surface area is 96.0 Å². The first-order valence-electron chi connectivity index (χ1n) is 5.02. The Bertz CT molecular complexity index is 200. The molecular formula is C11H22BrNO. The summed E-state index contributed by atoms with van der Waals surface area (Å²) in [6.07, 6.45) is 0. The predicted molar refractivity (Wildman–Crippen MR) is 64.6 cm³/mol. The van der Waals surface area contributed by atoms with Gasteiger partial charge in [0.15, 0.2) is 0 Å². The molecule has 84 valence electrons. The Balaban J connectivity index is 4.03. The molecule has 0 bridgehead atoms. The number of rotatable bonds is 3. The second kappa shape index (κ2) is 4.65. The van der Waals surface area contributed by atoms with E-state index in [2.05, 4.69) is 48.9 Å². The monoisotopic (exact) mass is 263 g/mol. The molecule has 0 rings (SSSR count). The first-order valence-corrected chi connectivity index (χ1v) is 5.81. The Morgan fingerprint density at radius 3 is 2.00 bits per heavy atom. The molecule has 14 heavy (non-hydrogen) atoms. The Morgan fingerprint density at radius 1 is 1.29 bits per heavy atom. The highest BCUT2D eigenvalue weighted by molar-refractivity contribution is 9.10. The normalized spacial score (nSPS) is 15.1. The van der Waals surface area contributed by atoms with E-state index in [1.807, 2.05) is 13.8 Å². The minimum absolute atomic E-state index is 0.0496. The standard InChI is InChI=1S/C11H22BrNO/c1-8(10(2,3)4)7-13-9(14)11(5,6)12/h8H,7H2,1-6H3,(H,13,14). The third-order valence-electron chi connectivity index (χ3n) is 2.59. The molecule has 0 saturated carbocycles. The van der Waals surface area contributed by atoms with E-state index in [0.29, 0.717) is 5.92 Å². The van der Waals surface area contributed by atoms with Gasteiger partial charge >= 0.3 is 0 Å². The van der Waals surface area contributed by atoms with Crippen molar-refractivity contribution in [2.24, 2.45) is 11.3 Å². The molecule has 0 saturated heterocycles. The molecule has 0 aliphatic heterocycles. The molecule has 0 aromatic heterocycles. The van der Waals surface area contributed by atoms with E-state index < -0.39 is 4.32 Å². The van der Waals surface area contributed by atoms with Crippen molar-refractivity contribution in [3.63, 3.8) is 0 Å². The van der Waals surface area contributed by atoms with Gasteiger partial charge in [-0.3, -0.25) is 4.79 Å². The number of nitrogens with one attached hydrogen (secondary N) is 1. The summed E-state index contributed by atoms with van der Waals surface area (Å²) in [5, 5.41) is 2.94. The number of halogens is 1. The second-order valence-corrected chi connectivity index (χ2v) is 7.43. The molecule has 0 aromatic rings. The van der Waals surface area contributed by atoms with Gasteiger partial charge in [-0.2, -0.15) is 0 Å². The third kappa shape index (κ3) is 4.99. The minimum atomic E-state index is -0.468. The number of hydrogen-bond donors (Lipinski definition) is 1. The summed E-state index contributed by atoms with van der Waals surface area (Å²) in [5.74, 6) is 0.523. The van der Waals surface area contributed by atoms with Crippen molar-refractivity contribution in [2.75, 3.05) is 6.54 Å². The number of carbonyl (C=O) groups is 1. The quantitative estimate of drug-likeness (QED) is 0.780. The van der Waals surface area contributed by atoms with Crippen LogP contribution in [0.2, 0.25) is 0 Å². The SMILES string of the molecule is CC(CNC(=O)C(C)(C)Br)C(C)(C)C. The first-order chi connectivity index (χ1) is 6.05. The summed E-state index contributed by atoms with van der Waals surface area (Å²) in [4.78, 5) is 11.5. The van der Waals surface area contributed by atoms with Crippen molar-refractivity contribution < 1.29 is 4.79 Å². The van der Waals surface area contributed by atoms with Crippen LogP contribution in [0.5, 0.6) is 0 Å². The zero-order valence-corrected chi connectivity index (χ0v) is 11.7. The summed E-state index contributed by atoms with van der Waals surface area (Å²) in [7, 11) is 0. The van der Waals surface area contributed by atoms with E-state index >= 15 is 0 Å². The topological polar surface area (TPSA) is 29.1 Å². The van der Waals surface area contributed by atoms with Crippen LogP contribution in [0.4, 0.5) is 0 Å². The van der Waals surface area contributed by atoms with Gasteiger partial charge in [0.05, 0.1) is 4.32 Å². The van der Waals surface area contributed by atoms with Crippen molar-refractivity contribution in [3.05, 3.63) is 0 Å². The van der Waals surface area contributed by atoms with Gasteiger partial charge in [-0.05, 0) is 25.2 Å². The number of amides is 1. The van der Waals surface area contributed by atoms with E-state index in [1.165, 1.54) is 0 Å². The van der Waals surface area contributed by atoms with Crippen LogP contribution in [0.1, 0.15) is 41.5 Å². The summed E-state index contributed by atoms with van der Waals surface area (Å²) < 4.78 is -0.468. The first kappa shape index (κ1) is 13.9. The van der Waals surface area contributed by atoms with Crippen LogP contribution < -0.4 is 5.32 Å². The van der Waals surface area contributed by atoms with Gasteiger partial charge in [0, 0.05) is 6.54 Å². The fraction of sp³-hybridized carbons (Fsp3) is 0.909. The highest BCUT2D eigenvalue weighted by Gasteiger charge is 2.25. The highest BCUT2D eigenvalue weighted by Crippen LogP contribution is 2.24. The van der Waals surface area contributed by atoms with Crippen LogP contribution in [-0.2, 0) is 4.79 Å². The molecule has 1 unspecified atom stereocenters. The van der Waals surface area contributed by atoms with Gasteiger partial charge in [0.25, 0.3) is 0 Å². The highest BCUT2D eigenvalue weighted by atomic mass is 79.9. The Hall–Kier alpha value is -0.0500. The molecule has 1 atom stereocenters. The zero-order valence-electron chi connectivity index (χ0n) is 10.1. The largest absolute Gasteiger partial charge is 0.355 e. The molecule has 1 amide bonds. The van der Waals surface area contributed by atoms with Gasteiger partial charge in [-0.1, -0.05) is 43.6 Å². The van der Waals surface area contributed by atoms with Crippen LogP contribution in [0.25, 0.3) is 0 Å². The van der Waals surface area contributed by atoms with E-state index in [1.54, 1.807) is 0 Å². The summed E-state index contributed by atoms with van der Waals surface area (Å²) >= 11 is 3.33. The van der Waals surface area contributed by atoms with E-state index in [4.69, 9.17) is 0 Å². The molecule has 0 fully saturated rings. The van der Waals surface area contributed by atoms with Crippen LogP contribution in [0, 0.1) is 11.3 Å². The van der Waals surface area contributed by atoms with Crippen LogP contribution in [0.15, 0.2) is 0 Å². The molecule has 2 nitrogen and oxygen atoms in total. The maximum Gasteiger partial charge on any atom is 0.236 e. The average Bonchev–Trinajstić information content (AvgIpc) is 1.95. The fourth-order valence-corrected chi connectivity index (χ4v) is 0.902. The van der Waals surface area contributed by atoms with Gasteiger partial charge < -0.3 is 5.32 Å². The van der Waals surface area contributed by atoms with E-state index in [-0.39, 0.29) is 11.3 Å². The predicted octanol–water partition coefficient (Wildman–Crippen LogP) is 2.96. The fourth-order valence-electron chi connectivity index (χ4n) is 0.762. The number of alkyl halides is 1. The van der Waals surface area contributed by atoms with Crippen molar-refractivity contribution in [1.82, 2.24) is 5.32 Å². The molecule has 1 N–H and O–H groups in total. The van der Waals surface area contributed by atoms with Crippen LogP contribution in [-0.4, -0.2) is 16.8 Å². The summed E-state index contributed by atoms with van der Waals surface area (Å²) in [6.45, 7) is 13.1. The molecule has 0 aromatic carbocycles. The van der Waals surface area contributed by atoms with Gasteiger partial charge in [-0.25, -0.2) is 0 Å². The molecule has 0 aliphatic rings. The van der Waals surface area contributed by atoms with Crippen molar-refractivity contribution in [2.45, 2.75) is 45.9 Å².